The normalized spacial score (nSPS) is 20.7. The van der Waals surface area contributed by atoms with E-state index in [-0.39, 0.29) is 6.10 Å². The van der Waals surface area contributed by atoms with E-state index in [1.54, 1.807) is 12.4 Å². The third kappa shape index (κ3) is 3.88. The van der Waals surface area contributed by atoms with Crippen molar-refractivity contribution < 1.29 is 14.2 Å². The average Bonchev–Trinajstić information content (AvgIpc) is 3.16. The SMILES string of the molecule is Cc1ncc(-c2cc(OC3CCOC3)cc(N3CCOCC3)n2)cn1. The number of hydrogen-bond acceptors (Lipinski definition) is 7. The molecule has 25 heavy (non-hydrogen) atoms. The van der Waals surface area contributed by atoms with Gasteiger partial charge in [-0.1, -0.05) is 0 Å². The van der Waals surface area contributed by atoms with Crippen molar-refractivity contribution in [3.63, 3.8) is 0 Å². The van der Waals surface area contributed by atoms with E-state index in [4.69, 9.17) is 19.2 Å². The molecule has 7 heteroatoms. The second-order valence-electron chi connectivity index (χ2n) is 6.27. The van der Waals surface area contributed by atoms with Crippen LogP contribution in [0.15, 0.2) is 24.5 Å². The van der Waals surface area contributed by atoms with Crippen molar-refractivity contribution in [1.82, 2.24) is 15.0 Å². The van der Waals surface area contributed by atoms with Crippen molar-refractivity contribution in [2.24, 2.45) is 0 Å². The summed E-state index contributed by atoms with van der Waals surface area (Å²) in [5.41, 5.74) is 1.70. The first-order valence-electron chi connectivity index (χ1n) is 8.66. The number of aromatic nitrogens is 3. The molecular formula is C18H22N4O3. The summed E-state index contributed by atoms with van der Waals surface area (Å²) < 4.78 is 17.0. The van der Waals surface area contributed by atoms with Crippen LogP contribution in [0.25, 0.3) is 11.3 Å². The van der Waals surface area contributed by atoms with Crippen LogP contribution in [0.1, 0.15) is 12.2 Å². The van der Waals surface area contributed by atoms with Crippen molar-refractivity contribution in [3.05, 3.63) is 30.4 Å². The van der Waals surface area contributed by atoms with Crippen LogP contribution in [0.2, 0.25) is 0 Å². The molecule has 2 aliphatic rings. The largest absolute Gasteiger partial charge is 0.488 e. The van der Waals surface area contributed by atoms with Crippen molar-refractivity contribution in [2.75, 3.05) is 44.4 Å². The van der Waals surface area contributed by atoms with Crippen LogP contribution in [0.3, 0.4) is 0 Å². The lowest BCUT2D eigenvalue weighted by molar-refractivity contribution is 0.122. The molecular weight excluding hydrogens is 320 g/mol. The summed E-state index contributed by atoms with van der Waals surface area (Å²) in [6.07, 6.45) is 4.62. The minimum atomic E-state index is 0.0991. The van der Waals surface area contributed by atoms with Gasteiger partial charge in [0.1, 0.15) is 23.5 Å². The number of rotatable bonds is 4. The highest BCUT2D eigenvalue weighted by Gasteiger charge is 2.20. The molecule has 7 nitrogen and oxygen atoms in total. The summed E-state index contributed by atoms with van der Waals surface area (Å²) in [6.45, 7) is 6.34. The maximum atomic E-state index is 6.13. The van der Waals surface area contributed by atoms with Crippen LogP contribution >= 0.6 is 0 Å². The number of morpholine rings is 1. The fraction of sp³-hybridized carbons (Fsp3) is 0.500. The predicted octanol–water partition coefficient (Wildman–Crippen LogP) is 1.85. The molecule has 2 fully saturated rings. The van der Waals surface area contributed by atoms with E-state index in [0.29, 0.717) is 19.8 Å². The molecule has 132 valence electrons. The van der Waals surface area contributed by atoms with Gasteiger partial charge in [-0.3, -0.25) is 0 Å². The van der Waals surface area contributed by atoms with Crippen molar-refractivity contribution in [1.29, 1.82) is 0 Å². The molecule has 0 bridgehead atoms. The van der Waals surface area contributed by atoms with Crippen LogP contribution in [-0.4, -0.2) is 60.6 Å². The van der Waals surface area contributed by atoms with Gasteiger partial charge in [0.15, 0.2) is 0 Å². The van der Waals surface area contributed by atoms with Gasteiger partial charge in [0.2, 0.25) is 0 Å². The lowest BCUT2D eigenvalue weighted by atomic mass is 10.2. The summed E-state index contributed by atoms with van der Waals surface area (Å²) >= 11 is 0. The van der Waals surface area contributed by atoms with Crippen molar-refractivity contribution >= 4 is 5.82 Å². The summed E-state index contributed by atoms with van der Waals surface area (Å²) in [6, 6.07) is 3.96. The molecule has 4 heterocycles. The second kappa shape index (κ2) is 7.33. The van der Waals surface area contributed by atoms with Gasteiger partial charge in [-0.15, -0.1) is 0 Å². The van der Waals surface area contributed by atoms with Gasteiger partial charge in [0.05, 0.1) is 32.1 Å². The predicted molar refractivity (Wildman–Crippen MR) is 92.9 cm³/mol. The second-order valence-corrected chi connectivity index (χ2v) is 6.27. The molecule has 4 rings (SSSR count). The minimum absolute atomic E-state index is 0.0991. The summed E-state index contributed by atoms with van der Waals surface area (Å²) in [5.74, 6) is 2.45. The zero-order chi connectivity index (χ0) is 17.1. The standard InChI is InChI=1S/C18H22N4O3/c1-13-19-10-14(11-20-13)17-8-16(25-15-2-5-24-12-15)9-18(21-17)22-3-6-23-7-4-22/h8-11,15H,2-7,12H2,1H3. The zero-order valence-electron chi connectivity index (χ0n) is 14.4. The topological polar surface area (TPSA) is 69.6 Å². The van der Waals surface area contributed by atoms with E-state index in [9.17, 15) is 0 Å². The lowest BCUT2D eigenvalue weighted by Gasteiger charge is -2.28. The molecule has 0 amide bonds. The summed E-state index contributed by atoms with van der Waals surface area (Å²) in [5, 5.41) is 0. The fourth-order valence-electron chi connectivity index (χ4n) is 2.99. The van der Waals surface area contributed by atoms with E-state index < -0.39 is 0 Å². The van der Waals surface area contributed by atoms with Gasteiger partial charge in [-0.05, 0) is 6.92 Å². The van der Waals surface area contributed by atoms with Crippen LogP contribution in [-0.2, 0) is 9.47 Å². The highest BCUT2D eigenvalue weighted by atomic mass is 16.5. The van der Waals surface area contributed by atoms with Crippen molar-refractivity contribution in [3.8, 4) is 17.0 Å². The van der Waals surface area contributed by atoms with E-state index in [2.05, 4.69) is 14.9 Å². The Bertz CT molecular complexity index is 711. The van der Waals surface area contributed by atoms with Gasteiger partial charge in [0.25, 0.3) is 0 Å². The number of ether oxygens (including phenoxy) is 3. The molecule has 2 saturated heterocycles. The van der Waals surface area contributed by atoms with E-state index in [0.717, 1.165) is 54.8 Å². The van der Waals surface area contributed by atoms with Gasteiger partial charge in [-0.2, -0.15) is 0 Å². The Morgan fingerprint density at radius 1 is 1.08 bits per heavy atom. The third-order valence-electron chi connectivity index (χ3n) is 4.39. The number of hydrogen-bond donors (Lipinski definition) is 0. The average molecular weight is 342 g/mol. The monoisotopic (exact) mass is 342 g/mol. The van der Waals surface area contributed by atoms with E-state index in [1.165, 1.54) is 0 Å². The number of anilines is 1. The first-order valence-corrected chi connectivity index (χ1v) is 8.66. The maximum Gasteiger partial charge on any atom is 0.133 e. The summed E-state index contributed by atoms with van der Waals surface area (Å²) in [4.78, 5) is 15.6. The van der Waals surface area contributed by atoms with Crippen LogP contribution < -0.4 is 9.64 Å². The molecule has 0 spiro atoms. The smallest absolute Gasteiger partial charge is 0.133 e. The van der Waals surface area contributed by atoms with Gasteiger partial charge in [-0.25, -0.2) is 15.0 Å². The quantitative estimate of drug-likeness (QED) is 0.840. The molecule has 1 atom stereocenters. The number of nitrogens with zero attached hydrogens (tertiary/aromatic N) is 4. The van der Waals surface area contributed by atoms with Gasteiger partial charge >= 0.3 is 0 Å². The highest BCUT2D eigenvalue weighted by molar-refractivity contribution is 5.63. The molecule has 0 N–H and O–H groups in total. The molecule has 2 aromatic rings. The van der Waals surface area contributed by atoms with Crippen LogP contribution in [0, 0.1) is 6.92 Å². The van der Waals surface area contributed by atoms with Gasteiger partial charge in [0, 0.05) is 49.6 Å². The minimum Gasteiger partial charge on any atom is -0.488 e. The number of aryl methyl sites for hydroxylation is 1. The fourth-order valence-corrected chi connectivity index (χ4v) is 2.99. The first-order chi connectivity index (χ1) is 12.3. The van der Waals surface area contributed by atoms with E-state index >= 15 is 0 Å². The molecule has 0 aliphatic carbocycles. The Morgan fingerprint density at radius 3 is 2.60 bits per heavy atom. The Labute approximate surface area is 147 Å². The van der Waals surface area contributed by atoms with Gasteiger partial charge < -0.3 is 19.1 Å². The van der Waals surface area contributed by atoms with Crippen LogP contribution in [0.4, 0.5) is 5.82 Å². The van der Waals surface area contributed by atoms with Crippen LogP contribution in [0.5, 0.6) is 5.75 Å². The lowest BCUT2D eigenvalue weighted by Crippen LogP contribution is -2.36. The molecule has 2 aromatic heterocycles. The highest BCUT2D eigenvalue weighted by Crippen LogP contribution is 2.28. The third-order valence-corrected chi connectivity index (χ3v) is 4.39. The Kier molecular flexibility index (Phi) is 4.76. The first kappa shape index (κ1) is 16.2. The molecule has 1 unspecified atom stereocenters. The summed E-state index contributed by atoms with van der Waals surface area (Å²) in [7, 11) is 0. The maximum absolute atomic E-state index is 6.13. The number of pyridine rings is 1. The van der Waals surface area contributed by atoms with Crippen molar-refractivity contribution in [2.45, 2.75) is 19.4 Å². The van der Waals surface area contributed by atoms with E-state index in [1.807, 2.05) is 19.1 Å². The zero-order valence-corrected chi connectivity index (χ0v) is 14.4. The molecule has 0 saturated carbocycles. The Morgan fingerprint density at radius 2 is 1.88 bits per heavy atom. The molecule has 0 aromatic carbocycles. The Hall–Kier alpha value is -2.25. The molecule has 0 radical (unpaired) electrons. The Balaban J connectivity index is 1.67. The molecule has 2 aliphatic heterocycles.